The largest absolute Gasteiger partial charge is 0.341 e. The Morgan fingerprint density at radius 2 is 2.00 bits per heavy atom. The molecule has 0 radical (unpaired) electrons. The topological polar surface area (TPSA) is 108 Å². The minimum absolute atomic E-state index is 0.0784. The first-order valence-electron chi connectivity index (χ1n) is 8.01. The molecule has 27 heavy (non-hydrogen) atoms. The molecule has 2 aliphatic rings. The Balaban J connectivity index is 1.78. The van der Waals surface area contributed by atoms with E-state index >= 15 is 0 Å². The van der Waals surface area contributed by atoms with Gasteiger partial charge in [-0.3, -0.25) is 9.59 Å². The number of hydrogen-bond donors (Lipinski definition) is 2. The van der Waals surface area contributed by atoms with Gasteiger partial charge in [-0.2, -0.15) is 0 Å². The molecule has 8 nitrogen and oxygen atoms in total. The van der Waals surface area contributed by atoms with E-state index in [1.165, 1.54) is 18.4 Å². The van der Waals surface area contributed by atoms with Gasteiger partial charge in [0.05, 0.1) is 29.1 Å². The second-order valence-electron chi connectivity index (χ2n) is 5.73. The van der Waals surface area contributed by atoms with Crippen LogP contribution in [0.1, 0.15) is 10.4 Å². The third-order valence-corrected chi connectivity index (χ3v) is 5.02. The van der Waals surface area contributed by atoms with E-state index in [0.717, 1.165) is 0 Å². The molecule has 9 heteroatoms. The van der Waals surface area contributed by atoms with Gasteiger partial charge in [-0.25, -0.2) is 8.42 Å². The number of sulfonamides is 1. The molecule has 0 aliphatic carbocycles. The molecule has 0 atom stereocenters. The number of amidine groups is 1. The van der Waals surface area contributed by atoms with Crippen LogP contribution in [0.3, 0.4) is 0 Å². The van der Waals surface area contributed by atoms with Gasteiger partial charge in [-0.1, -0.05) is 18.1 Å². The number of anilines is 1. The van der Waals surface area contributed by atoms with Crippen molar-refractivity contribution in [2.75, 3.05) is 24.2 Å². The zero-order valence-corrected chi connectivity index (χ0v) is 15.0. The summed E-state index contributed by atoms with van der Waals surface area (Å²) in [6, 6.07) is 6.55. The molecule has 1 aromatic rings. The van der Waals surface area contributed by atoms with Crippen molar-refractivity contribution in [2.24, 2.45) is 4.40 Å². The van der Waals surface area contributed by atoms with Crippen LogP contribution >= 0.6 is 0 Å². The van der Waals surface area contributed by atoms with Crippen molar-refractivity contribution in [3.63, 3.8) is 0 Å². The lowest BCUT2D eigenvalue weighted by Crippen LogP contribution is -2.37. The zero-order valence-electron chi connectivity index (χ0n) is 14.2. The number of para-hydroxylation sites is 1. The minimum atomic E-state index is -3.46. The van der Waals surface area contributed by atoms with Crippen LogP contribution < -0.4 is 10.6 Å². The first-order chi connectivity index (χ1) is 12.9. The Morgan fingerprint density at radius 1 is 1.22 bits per heavy atom. The van der Waals surface area contributed by atoms with E-state index in [4.69, 9.17) is 6.42 Å². The van der Waals surface area contributed by atoms with Crippen LogP contribution in [-0.2, 0) is 14.8 Å². The maximum atomic E-state index is 12.6. The Morgan fingerprint density at radius 3 is 2.78 bits per heavy atom. The standard InChI is InChI=1S/C18H16N4O4S/c1-2-9-19-18(24)14-5-3-4-6-15(14)20-17(23)13-7-8-16-21-27(25,26)11-10-22(16)12-13/h1,3-8,12H,9-11H2,(H,19,24)(H,20,23). The first kappa shape index (κ1) is 18.4. The Kier molecular flexibility index (Phi) is 5.09. The molecule has 2 aliphatic heterocycles. The van der Waals surface area contributed by atoms with Crippen LogP contribution in [0.2, 0.25) is 0 Å². The molecule has 2 N–H and O–H groups in total. The van der Waals surface area contributed by atoms with E-state index in [2.05, 4.69) is 21.0 Å². The van der Waals surface area contributed by atoms with E-state index in [-0.39, 0.29) is 30.2 Å². The van der Waals surface area contributed by atoms with Crippen molar-refractivity contribution in [3.8, 4) is 12.3 Å². The zero-order chi connectivity index (χ0) is 19.4. The fourth-order valence-corrected chi connectivity index (χ4v) is 3.52. The average Bonchev–Trinajstić information content (AvgIpc) is 2.65. The highest BCUT2D eigenvalue weighted by Gasteiger charge is 2.25. The van der Waals surface area contributed by atoms with Gasteiger partial charge in [0, 0.05) is 12.7 Å². The number of nitrogens with one attached hydrogen (secondary N) is 2. The van der Waals surface area contributed by atoms with Crippen molar-refractivity contribution in [1.29, 1.82) is 0 Å². The van der Waals surface area contributed by atoms with E-state index < -0.39 is 21.8 Å². The summed E-state index contributed by atoms with van der Waals surface area (Å²) in [5, 5.41) is 5.24. The highest BCUT2D eigenvalue weighted by Crippen LogP contribution is 2.19. The first-order valence-corrected chi connectivity index (χ1v) is 9.62. The van der Waals surface area contributed by atoms with Gasteiger partial charge in [-0.05, 0) is 24.3 Å². The Hall–Kier alpha value is -3.38. The number of carbonyl (C=O) groups is 2. The monoisotopic (exact) mass is 384 g/mol. The van der Waals surface area contributed by atoms with E-state index in [0.29, 0.717) is 11.3 Å². The number of nitrogens with zero attached hydrogens (tertiary/aromatic N) is 2. The average molecular weight is 384 g/mol. The number of hydrogen-bond acceptors (Lipinski definition) is 5. The van der Waals surface area contributed by atoms with Crippen LogP contribution in [0.25, 0.3) is 0 Å². The lowest BCUT2D eigenvalue weighted by atomic mass is 10.1. The van der Waals surface area contributed by atoms with E-state index in [1.54, 1.807) is 29.2 Å². The Bertz CT molecular complexity index is 1030. The van der Waals surface area contributed by atoms with Gasteiger partial charge >= 0.3 is 0 Å². The smallest absolute Gasteiger partial charge is 0.257 e. The molecule has 0 spiro atoms. The van der Waals surface area contributed by atoms with Gasteiger partial charge in [-0.15, -0.1) is 10.8 Å². The summed E-state index contributed by atoms with van der Waals surface area (Å²) >= 11 is 0. The lowest BCUT2D eigenvalue weighted by Gasteiger charge is -2.27. The molecular formula is C18H16N4O4S. The molecule has 0 bridgehead atoms. The maximum absolute atomic E-state index is 12.6. The highest BCUT2D eigenvalue weighted by molar-refractivity contribution is 7.90. The summed E-state index contributed by atoms with van der Waals surface area (Å²) in [5.74, 6) is 1.64. The molecule has 2 amide bonds. The van der Waals surface area contributed by atoms with Crippen LogP contribution in [0.5, 0.6) is 0 Å². The van der Waals surface area contributed by atoms with Crippen molar-refractivity contribution in [3.05, 3.63) is 53.8 Å². The summed E-state index contributed by atoms with van der Waals surface area (Å²) in [7, 11) is -3.46. The number of rotatable bonds is 4. The lowest BCUT2D eigenvalue weighted by molar-refractivity contribution is -0.112. The Labute approximate surface area is 156 Å². The third kappa shape index (κ3) is 4.24. The second-order valence-corrected chi connectivity index (χ2v) is 7.49. The summed E-state index contributed by atoms with van der Waals surface area (Å²) in [6.07, 6.45) is 9.62. The van der Waals surface area contributed by atoms with Gasteiger partial charge in [0.15, 0.2) is 0 Å². The molecular weight excluding hydrogens is 368 g/mol. The van der Waals surface area contributed by atoms with E-state index in [1.807, 2.05) is 0 Å². The van der Waals surface area contributed by atoms with Gasteiger partial charge < -0.3 is 15.5 Å². The van der Waals surface area contributed by atoms with Crippen molar-refractivity contribution < 1.29 is 18.0 Å². The molecule has 0 aromatic heterocycles. The van der Waals surface area contributed by atoms with Crippen LogP contribution in [0, 0.1) is 12.3 Å². The van der Waals surface area contributed by atoms with Crippen molar-refractivity contribution in [1.82, 2.24) is 10.2 Å². The van der Waals surface area contributed by atoms with Gasteiger partial charge in [0.2, 0.25) is 0 Å². The SMILES string of the molecule is C#CCNC(=O)c1ccccc1NC(=O)C1=CN2CCS(=O)(=O)N=C2C=C1. The highest BCUT2D eigenvalue weighted by atomic mass is 32.2. The quantitative estimate of drug-likeness (QED) is 0.735. The predicted molar refractivity (Wildman–Crippen MR) is 101 cm³/mol. The fraction of sp³-hybridized carbons (Fsp3) is 0.167. The summed E-state index contributed by atoms with van der Waals surface area (Å²) in [5.41, 5.74) is 0.937. The van der Waals surface area contributed by atoms with Crippen LogP contribution in [-0.4, -0.2) is 49.8 Å². The van der Waals surface area contributed by atoms with Crippen molar-refractivity contribution >= 4 is 33.4 Å². The van der Waals surface area contributed by atoms with Crippen LogP contribution in [0.15, 0.2) is 52.6 Å². The molecule has 0 unspecified atom stereocenters. The molecule has 0 saturated heterocycles. The molecule has 138 valence electrons. The molecule has 3 rings (SSSR count). The number of benzene rings is 1. The summed E-state index contributed by atoms with van der Waals surface area (Å²) in [6.45, 7) is 0.294. The predicted octanol–water partition coefficient (Wildman–Crippen LogP) is 0.486. The number of fused-ring (bicyclic) bond motifs is 1. The molecule has 0 saturated carbocycles. The molecule has 2 heterocycles. The van der Waals surface area contributed by atoms with Crippen LogP contribution in [0.4, 0.5) is 5.69 Å². The third-order valence-electron chi connectivity index (χ3n) is 3.86. The number of terminal acetylenes is 1. The number of amides is 2. The van der Waals surface area contributed by atoms with Gasteiger partial charge in [0.25, 0.3) is 21.8 Å². The normalized spacial score (nSPS) is 17.1. The minimum Gasteiger partial charge on any atom is -0.341 e. The second kappa shape index (κ2) is 7.47. The number of carbonyl (C=O) groups excluding carboxylic acids is 2. The van der Waals surface area contributed by atoms with Gasteiger partial charge in [0.1, 0.15) is 5.84 Å². The summed E-state index contributed by atoms with van der Waals surface area (Å²) in [4.78, 5) is 26.3. The van der Waals surface area contributed by atoms with E-state index in [9.17, 15) is 18.0 Å². The molecule has 1 aromatic carbocycles. The maximum Gasteiger partial charge on any atom is 0.257 e. The molecule has 0 fully saturated rings. The summed E-state index contributed by atoms with van der Waals surface area (Å²) < 4.78 is 26.7. The van der Waals surface area contributed by atoms with Crippen molar-refractivity contribution in [2.45, 2.75) is 0 Å². The fourth-order valence-electron chi connectivity index (χ4n) is 2.55.